The lowest BCUT2D eigenvalue weighted by atomic mass is 9.95. The van der Waals surface area contributed by atoms with E-state index < -0.39 is 0 Å². The second-order valence-corrected chi connectivity index (χ2v) is 6.03. The van der Waals surface area contributed by atoms with E-state index in [1.54, 1.807) is 25.4 Å². The van der Waals surface area contributed by atoms with E-state index in [0.717, 1.165) is 22.4 Å². The number of hydrogen-bond acceptors (Lipinski definition) is 4. The van der Waals surface area contributed by atoms with Crippen LogP contribution in [0.2, 0.25) is 5.02 Å². The largest absolute Gasteiger partial charge is 0.496 e. The van der Waals surface area contributed by atoms with E-state index in [4.69, 9.17) is 21.3 Å². The molecule has 1 aliphatic heterocycles. The molecule has 0 N–H and O–H groups in total. The summed E-state index contributed by atoms with van der Waals surface area (Å²) >= 11 is 6.22. The van der Waals surface area contributed by atoms with E-state index in [2.05, 4.69) is 9.97 Å². The summed E-state index contributed by atoms with van der Waals surface area (Å²) in [4.78, 5) is 13.2. The molecule has 3 aromatic rings. The first-order chi connectivity index (χ1) is 12.2. The van der Waals surface area contributed by atoms with E-state index in [1.165, 1.54) is 18.5 Å². The summed E-state index contributed by atoms with van der Waals surface area (Å²) in [6, 6.07) is 9.89. The lowest BCUT2D eigenvalue weighted by Crippen LogP contribution is -2.07. The van der Waals surface area contributed by atoms with E-state index in [0.29, 0.717) is 28.6 Å². The molecule has 0 fully saturated rings. The Hall–Kier alpha value is -2.79. The quantitative estimate of drug-likeness (QED) is 0.690. The molecule has 0 saturated carbocycles. The van der Waals surface area contributed by atoms with Gasteiger partial charge in [-0.3, -0.25) is 4.99 Å². The maximum atomic E-state index is 13.9. The third-order valence-corrected chi connectivity index (χ3v) is 4.34. The van der Waals surface area contributed by atoms with Crippen LogP contribution in [0.5, 0.6) is 5.75 Å². The minimum atomic E-state index is -0.358. The fourth-order valence-electron chi connectivity index (χ4n) is 2.98. The van der Waals surface area contributed by atoms with Gasteiger partial charge in [0.1, 0.15) is 17.9 Å². The summed E-state index contributed by atoms with van der Waals surface area (Å²) in [5.74, 6) is 0.187. The predicted octanol–water partition coefficient (Wildman–Crippen LogP) is 4.30. The molecule has 0 aliphatic carbocycles. The van der Waals surface area contributed by atoms with E-state index >= 15 is 0 Å². The van der Waals surface area contributed by atoms with Gasteiger partial charge in [0.2, 0.25) is 0 Å². The van der Waals surface area contributed by atoms with Gasteiger partial charge in [0, 0.05) is 33.5 Å². The molecule has 124 valence electrons. The molecule has 2 heterocycles. The van der Waals surface area contributed by atoms with Crippen LogP contribution in [0.15, 0.2) is 53.9 Å². The summed E-state index contributed by atoms with van der Waals surface area (Å²) < 4.78 is 19.3. The highest BCUT2D eigenvalue weighted by molar-refractivity contribution is 6.31. The molecule has 0 radical (unpaired) electrons. The van der Waals surface area contributed by atoms with E-state index in [1.807, 2.05) is 12.1 Å². The number of halogens is 2. The van der Waals surface area contributed by atoms with Crippen molar-refractivity contribution >= 4 is 17.3 Å². The number of aromatic nitrogens is 2. The molecule has 4 rings (SSSR count). The zero-order valence-corrected chi connectivity index (χ0v) is 14.1. The summed E-state index contributed by atoms with van der Waals surface area (Å²) in [5, 5.41) is 0.569. The number of nitrogens with zero attached hydrogens (tertiary/aromatic N) is 3. The van der Waals surface area contributed by atoms with Crippen molar-refractivity contribution < 1.29 is 9.13 Å². The van der Waals surface area contributed by atoms with E-state index in [9.17, 15) is 4.39 Å². The van der Waals surface area contributed by atoms with Gasteiger partial charge in [-0.05, 0) is 30.3 Å². The highest BCUT2D eigenvalue weighted by Gasteiger charge is 2.22. The van der Waals surface area contributed by atoms with Crippen LogP contribution in [0.1, 0.15) is 16.7 Å². The van der Waals surface area contributed by atoms with Gasteiger partial charge in [-0.1, -0.05) is 17.7 Å². The third-order valence-electron chi connectivity index (χ3n) is 4.10. The molecular weight excluding hydrogens is 341 g/mol. The highest BCUT2D eigenvalue weighted by atomic mass is 35.5. The maximum absolute atomic E-state index is 13.9. The fourth-order valence-corrected chi connectivity index (χ4v) is 3.15. The van der Waals surface area contributed by atoms with Gasteiger partial charge in [0.05, 0.1) is 25.1 Å². The Labute approximate surface area is 149 Å². The van der Waals surface area contributed by atoms with Crippen LogP contribution in [-0.2, 0) is 6.54 Å². The Kier molecular flexibility index (Phi) is 3.93. The Balaban J connectivity index is 2.01. The summed E-state index contributed by atoms with van der Waals surface area (Å²) in [6.45, 7) is 0.386. The van der Waals surface area contributed by atoms with Crippen molar-refractivity contribution in [2.24, 2.45) is 4.99 Å². The molecule has 0 spiro atoms. The number of ether oxygens (including phenoxy) is 1. The van der Waals surface area contributed by atoms with Crippen LogP contribution >= 0.6 is 11.6 Å². The van der Waals surface area contributed by atoms with Gasteiger partial charge >= 0.3 is 0 Å². The van der Waals surface area contributed by atoms with Gasteiger partial charge in [0.15, 0.2) is 0 Å². The Morgan fingerprint density at radius 1 is 1.08 bits per heavy atom. The first-order valence-corrected chi connectivity index (χ1v) is 8.02. The zero-order chi connectivity index (χ0) is 17.4. The van der Waals surface area contributed by atoms with Crippen molar-refractivity contribution in [3.05, 3.63) is 76.5 Å². The Morgan fingerprint density at radius 3 is 2.80 bits per heavy atom. The number of fused-ring (bicyclic) bond motifs is 3. The second-order valence-electron chi connectivity index (χ2n) is 5.60. The van der Waals surface area contributed by atoms with Gasteiger partial charge in [-0.25, -0.2) is 14.4 Å². The molecule has 1 aromatic heterocycles. The van der Waals surface area contributed by atoms with Crippen molar-refractivity contribution in [1.82, 2.24) is 9.97 Å². The molecule has 1 aliphatic rings. The smallest absolute Gasteiger partial charge is 0.128 e. The number of aliphatic imine (C=N–C) groups is 1. The SMILES string of the molecule is COc1ccc(F)cc1C1=NCc2cncnc2-c2ccc(Cl)cc21. The van der Waals surface area contributed by atoms with Crippen LogP contribution in [0.4, 0.5) is 4.39 Å². The molecule has 4 nitrogen and oxygen atoms in total. The number of rotatable bonds is 2. The van der Waals surface area contributed by atoms with Crippen molar-refractivity contribution in [2.45, 2.75) is 6.54 Å². The number of benzene rings is 2. The summed E-state index contributed by atoms with van der Waals surface area (Å²) in [5.41, 5.74) is 4.56. The summed E-state index contributed by atoms with van der Waals surface area (Å²) in [6.07, 6.45) is 3.25. The Bertz CT molecular complexity index is 1000. The normalized spacial score (nSPS) is 12.7. The van der Waals surface area contributed by atoms with Crippen LogP contribution in [0, 0.1) is 5.82 Å². The van der Waals surface area contributed by atoms with Gasteiger partial charge < -0.3 is 4.74 Å². The minimum absolute atomic E-state index is 0.358. The Morgan fingerprint density at radius 2 is 1.96 bits per heavy atom. The van der Waals surface area contributed by atoms with Gasteiger partial charge in [0.25, 0.3) is 0 Å². The van der Waals surface area contributed by atoms with Crippen LogP contribution in [-0.4, -0.2) is 22.8 Å². The standard InChI is InChI=1S/C19H13ClFN3O/c1-25-17-5-3-13(21)7-16(17)19-15-6-12(20)2-4-14(15)18-11(9-23-19)8-22-10-24-18/h2-8,10H,9H2,1H3. The molecular formula is C19H13ClFN3O. The average Bonchev–Trinajstić information content (AvgIpc) is 2.78. The molecule has 0 atom stereocenters. The lowest BCUT2D eigenvalue weighted by molar-refractivity contribution is 0.413. The molecule has 0 unspecified atom stereocenters. The predicted molar refractivity (Wildman–Crippen MR) is 94.8 cm³/mol. The molecule has 2 aromatic carbocycles. The molecule has 6 heteroatoms. The monoisotopic (exact) mass is 353 g/mol. The van der Waals surface area contributed by atoms with Gasteiger partial charge in [-0.2, -0.15) is 0 Å². The number of methoxy groups -OCH3 is 1. The molecule has 0 saturated heterocycles. The topological polar surface area (TPSA) is 47.4 Å². The van der Waals surface area contributed by atoms with E-state index in [-0.39, 0.29) is 5.82 Å². The fraction of sp³-hybridized carbons (Fsp3) is 0.105. The van der Waals surface area contributed by atoms with Gasteiger partial charge in [-0.15, -0.1) is 0 Å². The molecule has 0 amide bonds. The van der Waals surface area contributed by atoms with Crippen molar-refractivity contribution in [2.75, 3.05) is 7.11 Å². The first-order valence-electron chi connectivity index (χ1n) is 7.65. The molecule has 25 heavy (non-hydrogen) atoms. The van der Waals surface area contributed by atoms with Crippen LogP contribution in [0.25, 0.3) is 11.3 Å². The highest BCUT2D eigenvalue weighted by Crippen LogP contribution is 2.34. The van der Waals surface area contributed by atoms with Crippen molar-refractivity contribution in [3.63, 3.8) is 0 Å². The average molecular weight is 354 g/mol. The minimum Gasteiger partial charge on any atom is -0.496 e. The third kappa shape index (κ3) is 2.76. The first kappa shape index (κ1) is 15.7. The van der Waals surface area contributed by atoms with Crippen LogP contribution < -0.4 is 4.74 Å². The summed E-state index contributed by atoms with van der Waals surface area (Å²) in [7, 11) is 1.55. The molecule has 0 bridgehead atoms. The lowest BCUT2D eigenvalue weighted by Gasteiger charge is -2.14. The zero-order valence-electron chi connectivity index (χ0n) is 13.3. The number of hydrogen-bond donors (Lipinski definition) is 0. The maximum Gasteiger partial charge on any atom is 0.128 e. The van der Waals surface area contributed by atoms with Crippen molar-refractivity contribution in [3.8, 4) is 17.0 Å². The second kappa shape index (κ2) is 6.26. The van der Waals surface area contributed by atoms with Crippen molar-refractivity contribution in [1.29, 1.82) is 0 Å². The van der Waals surface area contributed by atoms with Crippen LogP contribution in [0.3, 0.4) is 0 Å².